The third-order valence-electron chi connectivity index (χ3n) is 3.60. The van der Waals surface area contributed by atoms with Crippen molar-refractivity contribution in [3.05, 3.63) is 35.6 Å². The van der Waals surface area contributed by atoms with Gasteiger partial charge in [0.25, 0.3) is 0 Å². The quantitative estimate of drug-likeness (QED) is 0.654. The number of hydrogen-bond donors (Lipinski definition) is 2. The largest absolute Gasteiger partial charge is 0.459 e. The summed E-state index contributed by atoms with van der Waals surface area (Å²) in [5.41, 5.74) is 2.13. The smallest absolute Gasteiger partial charge is 0.191 e. The number of furan rings is 1. The van der Waals surface area contributed by atoms with Gasteiger partial charge < -0.3 is 15.1 Å². The van der Waals surface area contributed by atoms with E-state index in [1.807, 2.05) is 18.2 Å². The average molecular weight is 287 g/mol. The highest BCUT2D eigenvalue weighted by atomic mass is 16.3. The van der Waals surface area contributed by atoms with Gasteiger partial charge >= 0.3 is 0 Å². The number of rotatable bonds is 5. The van der Waals surface area contributed by atoms with E-state index in [4.69, 9.17) is 4.42 Å². The lowest BCUT2D eigenvalue weighted by Gasteiger charge is -2.12. The van der Waals surface area contributed by atoms with Gasteiger partial charge in [-0.1, -0.05) is 32.0 Å². The van der Waals surface area contributed by atoms with Crippen molar-refractivity contribution in [3.8, 4) is 0 Å². The van der Waals surface area contributed by atoms with Gasteiger partial charge in [0.2, 0.25) is 0 Å². The van der Waals surface area contributed by atoms with Gasteiger partial charge in [0.15, 0.2) is 5.96 Å². The molecule has 1 aromatic carbocycles. The van der Waals surface area contributed by atoms with Crippen molar-refractivity contribution in [2.24, 2.45) is 10.9 Å². The summed E-state index contributed by atoms with van der Waals surface area (Å²) in [6.07, 6.45) is 1.13. The van der Waals surface area contributed by atoms with E-state index in [0.29, 0.717) is 12.5 Å². The Morgan fingerprint density at radius 3 is 2.67 bits per heavy atom. The zero-order chi connectivity index (χ0) is 15.2. The first-order valence-corrected chi connectivity index (χ1v) is 7.53. The number of aryl methyl sites for hydroxylation is 1. The lowest BCUT2D eigenvalue weighted by Crippen LogP contribution is -2.37. The van der Waals surface area contributed by atoms with Crippen LogP contribution >= 0.6 is 0 Å². The van der Waals surface area contributed by atoms with Crippen LogP contribution in [-0.2, 0) is 6.54 Å². The van der Waals surface area contributed by atoms with Crippen molar-refractivity contribution in [3.63, 3.8) is 0 Å². The summed E-state index contributed by atoms with van der Waals surface area (Å²) >= 11 is 0. The summed E-state index contributed by atoms with van der Waals surface area (Å²) in [7, 11) is 1.79. The van der Waals surface area contributed by atoms with Crippen LogP contribution in [0.1, 0.15) is 31.6 Å². The molecule has 0 aliphatic carbocycles. The van der Waals surface area contributed by atoms with Gasteiger partial charge in [-0.15, -0.1) is 0 Å². The van der Waals surface area contributed by atoms with Crippen LogP contribution in [0.4, 0.5) is 0 Å². The van der Waals surface area contributed by atoms with Gasteiger partial charge in [-0.3, -0.25) is 4.99 Å². The summed E-state index contributed by atoms with van der Waals surface area (Å²) in [5.74, 6) is 2.46. The molecule has 4 nitrogen and oxygen atoms in total. The van der Waals surface area contributed by atoms with Gasteiger partial charge in [0.05, 0.1) is 6.54 Å². The summed E-state index contributed by atoms with van der Waals surface area (Å²) in [5, 5.41) is 7.81. The predicted molar refractivity (Wildman–Crippen MR) is 88.6 cm³/mol. The van der Waals surface area contributed by atoms with Gasteiger partial charge in [0.1, 0.15) is 11.3 Å². The molecule has 0 bridgehead atoms. The fourth-order valence-electron chi connectivity index (χ4n) is 2.26. The van der Waals surface area contributed by atoms with Crippen molar-refractivity contribution in [1.82, 2.24) is 10.6 Å². The normalized spacial score (nSPS) is 12.1. The molecule has 0 amide bonds. The van der Waals surface area contributed by atoms with Crippen LogP contribution in [0.5, 0.6) is 0 Å². The first kappa shape index (κ1) is 15.4. The molecule has 0 saturated carbocycles. The zero-order valence-electron chi connectivity index (χ0n) is 13.4. The van der Waals surface area contributed by atoms with Gasteiger partial charge in [-0.05, 0) is 25.3 Å². The highest BCUT2D eigenvalue weighted by molar-refractivity contribution is 5.82. The first-order chi connectivity index (χ1) is 10.1. The molecule has 0 unspecified atom stereocenters. The van der Waals surface area contributed by atoms with Crippen molar-refractivity contribution in [1.29, 1.82) is 0 Å². The molecule has 2 aromatic rings. The Bertz CT molecular complexity index is 614. The van der Waals surface area contributed by atoms with E-state index >= 15 is 0 Å². The molecule has 2 N–H and O–H groups in total. The Morgan fingerprint density at radius 2 is 2.00 bits per heavy atom. The maximum Gasteiger partial charge on any atom is 0.191 e. The van der Waals surface area contributed by atoms with E-state index in [9.17, 15) is 0 Å². The Labute approximate surface area is 126 Å². The number of para-hydroxylation sites is 1. The molecule has 0 radical (unpaired) electrons. The van der Waals surface area contributed by atoms with Crippen LogP contribution in [0, 0.1) is 12.8 Å². The maximum atomic E-state index is 5.89. The van der Waals surface area contributed by atoms with Crippen LogP contribution in [0.25, 0.3) is 11.0 Å². The van der Waals surface area contributed by atoms with E-state index in [0.717, 1.165) is 30.3 Å². The molecular formula is C17H25N3O. The number of aliphatic imine (C=N–C) groups is 1. The lowest BCUT2D eigenvalue weighted by molar-refractivity contribution is 0.531. The van der Waals surface area contributed by atoms with Crippen LogP contribution in [-0.4, -0.2) is 19.6 Å². The van der Waals surface area contributed by atoms with Gasteiger partial charge in [-0.2, -0.15) is 0 Å². The van der Waals surface area contributed by atoms with Crippen molar-refractivity contribution in [2.75, 3.05) is 13.6 Å². The first-order valence-electron chi connectivity index (χ1n) is 7.53. The van der Waals surface area contributed by atoms with Crippen LogP contribution in [0.2, 0.25) is 0 Å². The standard InChI is InChI=1S/C17H25N3O/c1-12(2)9-10-19-17(18-4)20-11-16-13(3)14-7-5-6-8-15(14)21-16/h5-8,12H,9-11H2,1-4H3,(H2,18,19,20). The third kappa shape index (κ3) is 4.00. The molecule has 0 saturated heterocycles. The number of hydrogen-bond acceptors (Lipinski definition) is 2. The molecule has 0 spiro atoms. The molecule has 1 aromatic heterocycles. The molecule has 114 valence electrons. The highest BCUT2D eigenvalue weighted by Crippen LogP contribution is 2.24. The predicted octanol–water partition coefficient (Wildman–Crippen LogP) is 3.45. The fourth-order valence-corrected chi connectivity index (χ4v) is 2.26. The summed E-state index contributed by atoms with van der Waals surface area (Å²) in [6, 6.07) is 8.12. The van der Waals surface area contributed by atoms with E-state index in [2.05, 4.69) is 42.5 Å². The van der Waals surface area contributed by atoms with Crippen molar-refractivity contribution < 1.29 is 4.42 Å². The zero-order valence-corrected chi connectivity index (χ0v) is 13.4. The topological polar surface area (TPSA) is 49.6 Å². The molecule has 4 heteroatoms. The Balaban J connectivity index is 1.95. The fraction of sp³-hybridized carbons (Fsp3) is 0.471. The minimum absolute atomic E-state index is 0.641. The third-order valence-corrected chi connectivity index (χ3v) is 3.60. The summed E-state index contributed by atoms with van der Waals surface area (Å²) < 4.78 is 5.89. The second-order valence-corrected chi connectivity index (χ2v) is 5.68. The van der Waals surface area contributed by atoms with Crippen molar-refractivity contribution in [2.45, 2.75) is 33.7 Å². The molecular weight excluding hydrogens is 262 g/mol. The molecule has 0 aliphatic heterocycles. The van der Waals surface area contributed by atoms with E-state index in [-0.39, 0.29) is 0 Å². The lowest BCUT2D eigenvalue weighted by atomic mass is 10.1. The van der Waals surface area contributed by atoms with Gasteiger partial charge in [0, 0.05) is 24.5 Å². The molecule has 1 heterocycles. The molecule has 0 aliphatic rings. The van der Waals surface area contributed by atoms with E-state index in [1.165, 1.54) is 10.9 Å². The Morgan fingerprint density at radius 1 is 1.24 bits per heavy atom. The van der Waals surface area contributed by atoms with Gasteiger partial charge in [-0.25, -0.2) is 0 Å². The molecule has 21 heavy (non-hydrogen) atoms. The Hall–Kier alpha value is -1.97. The van der Waals surface area contributed by atoms with E-state index < -0.39 is 0 Å². The molecule has 0 atom stereocenters. The van der Waals surface area contributed by atoms with Crippen LogP contribution < -0.4 is 10.6 Å². The minimum atomic E-state index is 0.641. The van der Waals surface area contributed by atoms with Crippen molar-refractivity contribution >= 4 is 16.9 Å². The maximum absolute atomic E-state index is 5.89. The number of nitrogens with zero attached hydrogens (tertiary/aromatic N) is 1. The summed E-state index contributed by atoms with van der Waals surface area (Å²) in [6.45, 7) is 8.10. The summed E-state index contributed by atoms with van der Waals surface area (Å²) in [4.78, 5) is 4.24. The Kier molecular flexibility index (Phi) is 5.26. The number of nitrogens with one attached hydrogen (secondary N) is 2. The van der Waals surface area contributed by atoms with Crippen LogP contribution in [0.15, 0.2) is 33.7 Å². The number of benzene rings is 1. The SMILES string of the molecule is CN=C(NCCC(C)C)NCc1oc2ccccc2c1C. The second kappa shape index (κ2) is 7.16. The highest BCUT2D eigenvalue weighted by Gasteiger charge is 2.10. The molecule has 2 rings (SSSR count). The minimum Gasteiger partial charge on any atom is -0.459 e. The second-order valence-electron chi connectivity index (χ2n) is 5.68. The van der Waals surface area contributed by atoms with E-state index in [1.54, 1.807) is 7.05 Å². The average Bonchev–Trinajstić information content (AvgIpc) is 2.79. The number of fused-ring (bicyclic) bond motifs is 1. The monoisotopic (exact) mass is 287 g/mol. The van der Waals surface area contributed by atoms with Crippen LogP contribution in [0.3, 0.4) is 0 Å². The number of guanidine groups is 1. The molecule has 0 fully saturated rings.